The van der Waals surface area contributed by atoms with Crippen molar-refractivity contribution in [2.75, 3.05) is 18.5 Å². The Hall–Kier alpha value is -2.01. The lowest BCUT2D eigenvalue weighted by molar-refractivity contribution is 0.102. The van der Waals surface area contributed by atoms with Crippen LogP contribution in [0.4, 0.5) is 5.69 Å². The molecule has 0 aliphatic heterocycles. The topological polar surface area (TPSA) is 47.6 Å². The third-order valence-corrected chi connectivity index (χ3v) is 3.84. The maximum Gasteiger partial charge on any atom is 0.255 e. The highest BCUT2D eigenvalue weighted by molar-refractivity contribution is 9.10. The van der Waals surface area contributed by atoms with Crippen LogP contribution in [0, 0.1) is 0 Å². The average Bonchev–Trinajstić information content (AvgIpc) is 2.56. The minimum Gasteiger partial charge on any atom is -0.490 e. The Balaban J connectivity index is 2.14. The number of carbonyl (C=O) groups excluding carboxylic acids is 1. The molecule has 0 unspecified atom stereocenters. The van der Waals surface area contributed by atoms with E-state index in [1.165, 1.54) is 0 Å². The largest absolute Gasteiger partial charge is 0.490 e. The summed E-state index contributed by atoms with van der Waals surface area (Å²) >= 11 is 3.39. The lowest BCUT2D eigenvalue weighted by Gasteiger charge is -2.13. The summed E-state index contributed by atoms with van der Waals surface area (Å²) in [4.78, 5) is 12.4. The Morgan fingerprint density at radius 2 is 1.92 bits per heavy atom. The second kappa shape index (κ2) is 9.33. The molecule has 24 heavy (non-hydrogen) atoms. The first-order valence-corrected chi connectivity index (χ1v) is 8.90. The Labute approximate surface area is 151 Å². The molecule has 128 valence electrons. The molecular formula is C19H22BrNO3. The molecule has 1 amide bonds. The number of ether oxygens (including phenoxy) is 2. The van der Waals surface area contributed by atoms with E-state index < -0.39 is 0 Å². The van der Waals surface area contributed by atoms with E-state index in [0.717, 1.165) is 23.0 Å². The van der Waals surface area contributed by atoms with Crippen molar-refractivity contribution in [1.29, 1.82) is 0 Å². The molecule has 2 rings (SSSR count). The van der Waals surface area contributed by atoms with Crippen LogP contribution in [0.5, 0.6) is 11.5 Å². The first-order valence-electron chi connectivity index (χ1n) is 8.10. The van der Waals surface area contributed by atoms with Crippen molar-refractivity contribution in [2.24, 2.45) is 0 Å². The third kappa shape index (κ3) is 5.27. The van der Waals surface area contributed by atoms with Gasteiger partial charge in [0.25, 0.3) is 5.91 Å². The Kier molecular flexibility index (Phi) is 7.12. The van der Waals surface area contributed by atoms with E-state index in [1.807, 2.05) is 31.2 Å². The van der Waals surface area contributed by atoms with Crippen molar-refractivity contribution in [3.8, 4) is 11.5 Å². The van der Waals surface area contributed by atoms with Crippen LogP contribution >= 0.6 is 15.9 Å². The van der Waals surface area contributed by atoms with Crippen molar-refractivity contribution in [3.63, 3.8) is 0 Å². The van der Waals surface area contributed by atoms with Gasteiger partial charge in [0, 0.05) is 15.7 Å². The van der Waals surface area contributed by atoms with Crippen LogP contribution in [0.25, 0.3) is 0 Å². The number of halogens is 1. The van der Waals surface area contributed by atoms with Crippen LogP contribution in [0.1, 0.15) is 37.0 Å². The van der Waals surface area contributed by atoms with E-state index in [0.29, 0.717) is 30.3 Å². The highest BCUT2D eigenvalue weighted by Gasteiger charge is 2.12. The maximum absolute atomic E-state index is 12.4. The second-order valence-electron chi connectivity index (χ2n) is 5.26. The zero-order chi connectivity index (χ0) is 17.4. The first kappa shape index (κ1) is 18.3. The molecule has 0 saturated carbocycles. The SMILES string of the molecule is CCCCOc1ccc(C(=O)Nc2cccc(Br)c2)cc1OCC. The van der Waals surface area contributed by atoms with Gasteiger partial charge >= 0.3 is 0 Å². The van der Waals surface area contributed by atoms with Crippen LogP contribution in [0.2, 0.25) is 0 Å². The van der Waals surface area contributed by atoms with Gasteiger partial charge in [-0.05, 0) is 49.7 Å². The average molecular weight is 392 g/mol. The van der Waals surface area contributed by atoms with Crippen LogP contribution in [0.15, 0.2) is 46.9 Å². The zero-order valence-corrected chi connectivity index (χ0v) is 15.6. The fourth-order valence-electron chi connectivity index (χ4n) is 2.13. The van der Waals surface area contributed by atoms with Gasteiger partial charge in [-0.2, -0.15) is 0 Å². The Morgan fingerprint density at radius 1 is 1.08 bits per heavy atom. The summed E-state index contributed by atoms with van der Waals surface area (Å²) in [6, 6.07) is 12.7. The number of unbranched alkanes of at least 4 members (excludes halogenated alkanes) is 1. The molecule has 0 bridgehead atoms. The van der Waals surface area contributed by atoms with Crippen LogP contribution in [-0.2, 0) is 0 Å². The molecule has 0 heterocycles. The van der Waals surface area contributed by atoms with E-state index in [-0.39, 0.29) is 5.91 Å². The molecule has 0 aliphatic carbocycles. The summed E-state index contributed by atoms with van der Waals surface area (Å²) in [6.45, 7) is 5.17. The lowest BCUT2D eigenvalue weighted by Crippen LogP contribution is -2.12. The molecular weight excluding hydrogens is 370 g/mol. The third-order valence-electron chi connectivity index (χ3n) is 3.34. The zero-order valence-electron chi connectivity index (χ0n) is 14.0. The molecule has 4 nitrogen and oxygen atoms in total. The number of benzene rings is 2. The van der Waals surface area contributed by atoms with Gasteiger partial charge in [-0.1, -0.05) is 35.3 Å². The molecule has 0 atom stereocenters. The van der Waals surface area contributed by atoms with E-state index >= 15 is 0 Å². The monoisotopic (exact) mass is 391 g/mol. The second-order valence-corrected chi connectivity index (χ2v) is 6.18. The molecule has 0 spiro atoms. The first-order chi connectivity index (χ1) is 11.6. The summed E-state index contributed by atoms with van der Waals surface area (Å²) in [5, 5.41) is 2.87. The molecule has 2 aromatic carbocycles. The van der Waals surface area contributed by atoms with Gasteiger partial charge in [0.2, 0.25) is 0 Å². The Bertz CT molecular complexity index is 688. The quantitative estimate of drug-likeness (QED) is 0.622. The minimum atomic E-state index is -0.186. The van der Waals surface area contributed by atoms with Gasteiger partial charge in [-0.15, -0.1) is 0 Å². The van der Waals surface area contributed by atoms with Gasteiger partial charge in [0.1, 0.15) is 0 Å². The summed E-state index contributed by atoms with van der Waals surface area (Å²) < 4.78 is 12.3. The maximum atomic E-state index is 12.4. The molecule has 5 heteroatoms. The predicted molar refractivity (Wildman–Crippen MR) is 100 cm³/mol. The number of hydrogen-bond donors (Lipinski definition) is 1. The highest BCUT2D eigenvalue weighted by Crippen LogP contribution is 2.29. The summed E-state index contributed by atoms with van der Waals surface area (Å²) in [5.41, 5.74) is 1.26. The molecule has 0 saturated heterocycles. The molecule has 2 aromatic rings. The normalized spacial score (nSPS) is 10.3. The van der Waals surface area contributed by atoms with Gasteiger partial charge in [0.05, 0.1) is 13.2 Å². The minimum absolute atomic E-state index is 0.186. The van der Waals surface area contributed by atoms with Gasteiger partial charge in [-0.25, -0.2) is 0 Å². The van der Waals surface area contributed by atoms with Gasteiger partial charge in [-0.3, -0.25) is 4.79 Å². The number of amides is 1. The molecule has 0 aliphatic rings. The highest BCUT2D eigenvalue weighted by atomic mass is 79.9. The van der Waals surface area contributed by atoms with Crippen LogP contribution in [0.3, 0.4) is 0 Å². The fourth-order valence-corrected chi connectivity index (χ4v) is 2.53. The molecule has 0 fully saturated rings. The van der Waals surface area contributed by atoms with Crippen molar-refractivity contribution in [3.05, 3.63) is 52.5 Å². The van der Waals surface area contributed by atoms with E-state index in [4.69, 9.17) is 9.47 Å². The number of rotatable bonds is 8. The molecule has 0 aromatic heterocycles. The predicted octanol–water partition coefficient (Wildman–Crippen LogP) is 5.28. The fraction of sp³-hybridized carbons (Fsp3) is 0.316. The summed E-state index contributed by atoms with van der Waals surface area (Å²) in [5.74, 6) is 1.08. The molecule has 1 N–H and O–H groups in total. The van der Waals surface area contributed by atoms with E-state index in [2.05, 4.69) is 28.2 Å². The van der Waals surface area contributed by atoms with Gasteiger partial charge in [0.15, 0.2) is 11.5 Å². The number of hydrogen-bond acceptors (Lipinski definition) is 3. The number of carbonyl (C=O) groups is 1. The van der Waals surface area contributed by atoms with Crippen molar-refractivity contribution >= 4 is 27.5 Å². The van der Waals surface area contributed by atoms with Crippen molar-refractivity contribution in [1.82, 2.24) is 0 Å². The van der Waals surface area contributed by atoms with Crippen LogP contribution < -0.4 is 14.8 Å². The Morgan fingerprint density at radius 3 is 2.62 bits per heavy atom. The standard InChI is InChI=1S/C19H22BrNO3/c1-3-5-11-24-17-10-9-14(12-18(17)23-4-2)19(22)21-16-8-6-7-15(20)13-16/h6-10,12-13H,3-5,11H2,1-2H3,(H,21,22). The van der Waals surface area contributed by atoms with E-state index in [9.17, 15) is 4.79 Å². The van der Waals surface area contributed by atoms with Crippen molar-refractivity contribution < 1.29 is 14.3 Å². The molecule has 0 radical (unpaired) electrons. The summed E-state index contributed by atoms with van der Waals surface area (Å²) in [7, 11) is 0. The van der Waals surface area contributed by atoms with Crippen molar-refractivity contribution in [2.45, 2.75) is 26.7 Å². The van der Waals surface area contributed by atoms with E-state index in [1.54, 1.807) is 18.2 Å². The number of nitrogens with one attached hydrogen (secondary N) is 1. The number of anilines is 1. The van der Waals surface area contributed by atoms with Crippen LogP contribution in [-0.4, -0.2) is 19.1 Å². The van der Waals surface area contributed by atoms with Gasteiger partial charge < -0.3 is 14.8 Å². The smallest absolute Gasteiger partial charge is 0.255 e. The summed E-state index contributed by atoms with van der Waals surface area (Å²) in [6.07, 6.45) is 2.05. The lowest BCUT2D eigenvalue weighted by atomic mass is 10.1.